The van der Waals surface area contributed by atoms with E-state index in [-0.39, 0.29) is 5.41 Å². The summed E-state index contributed by atoms with van der Waals surface area (Å²) < 4.78 is 5.87. The molecule has 1 aromatic carbocycles. The van der Waals surface area contributed by atoms with Crippen LogP contribution in [0.3, 0.4) is 0 Å². The standard InChI is InChI=1S/C18H28N2O/c1-5-20(6-2)14-9-7-13(8-10-14)19-16-15-11-12-21-17(15)18(16,3)4/h7-10,15-17,19H,5-6,11-12H2,1-4H3. The first-order chi connectivity index (χ1) is 10.1. The van der Waals surface area contributed by atoms with Gasteiger partial charge in [-0.15, -0.1) is 0 Å². The van der Waals surface area contributed by atoms with Crippen molar-refractivity contribution in [3.8, 4) is 0 Å². The second kappa shape index (κ2) is 5.53. The summed E-state index contributed by atoms with van der Waals surface area (Å²) in [5, 5.41) is 3.74. The highest BCUT2D eigenvalue weighted by Crippen LogP contribution is 2.53. The first-order valence-corrected chi connectivity index (χ1v) is 8.31. The van der Waals surface area contributed by atoms with Crippen LogP contribution in [0, 0.1) is 11.3 Å². The van der Waals surface area contributed by atoms with Crippen LogP contribution in [0.25, 0.3) is 0 Å². The van der Waals surface area contributed by atoms with Crippen molar-refractivity contribution in [3.05, 3.63) is 24.3 Å². The maximum Gasteiger partial charge on any atom is 0.0694 e. The Morgan fingerprint density at radius 2 is 1.86 bits per heavy atom. The van der Waals surface area contributed by atoms with Gasteiger partial charge in [-0.1, -0.05) is 13.8 Å². The third kappa shape index (κ3) is 2.42. The number of ether oxygens (including phenoxy) is 1. The monoisotopic (exact) mass is 288 g/mol. The predicted molar refractivity (Wildman–Crippen MR) is 89.0 cm³/mol. The molecule has 3 unspecified atom stereocenters. The van der Waals surface area contributed by atoms with Gasteiger partial charge in [-0.05, 0) is 44.5 Å². The van der Waals surface area contributed by atoms with Crippen molar-refractivity contribution in [1.82, 2.24) is 0 Å². The van der Waals surface area contributed by atoms with E-state index >= 15 is 0 Å². The molecule has 0 amide bonds. The van der Waals surface area contributed by atoms with Crippen molar-refractivity contribution in [2.75, 3.05) is 29.9 Å². The largest absolute Gasteiger partial charge is 0.381 e. The fourth-order valence-corrected chi connectivity index (χ4v) is 4.15. The minimum Gasteiger partial charge on any atom is -0.381 e. The maximum absolute atomic E-state index is 5.87. The van der Waals surface area contributed by atoms with Crippen molar-refractivity contribution in [3.63, 3.8) is 0 Å². The maximum atomic E-state index is 5.87. The van der Waals surface area contributed by atoms with Crippen LogP contribution in [-0.2, 0) is 4.74 Å². The van der Waals surface area contributed by atoms with Gasteiger partial charge in [0.15, 0.2) is 0 Å². The lowest BCUT2D eigenvalue weighted by Gasteiger charge is -2.55. The summed E-state index contributed by atoms with van der Waals surface area (Å²) in [5.74, 6) is 0.683. The molecule has 0 aromatic heterocycles. The number of hydrogen-bond donors (Lipinski definition) is 1. The molecule has 0 bridgehead atoms. The Kier molecular flexibility index (Phi) is 3.87. The lowest BCUT2D eigenvalue weighted by atomic mass is 9.57. The highest BCUT2D eigenvalue weighted by atomic mass is 16.5. The van der Waals surface area contributed by atoms with E-state index in [2.05, 4.69) is 62.2 Å². The zero-order chi connectivity index (χ0) is 15.0. The molecule has 0 spiro atoms. The van der Waals surface area contributed by atoms with E-state index < -0.39 is 0 Å². The quantitative estimate of drug-likeness (QED) is 0.893. The highest BCUT2D eigenvalue weighted by Gasteiger charge is 2.59. The summed E-state index contributed by atoms with van der Waals surface area (Å²) in [7, 11) is 0. The number of benzene rings is 1. The SMILES string of the molecule is CCN(CC)c1ccc(NC2C3CCOC3C2(C)C)cc1. The minimum atomic E-state index is 0.235. The molecule has 21 heavy (non-hydrogen) atoms. The molecular weight excluding hydrogens is 260 g/mol. The van der Waals surface area contributed by atoms with Crippen molar-refractivity contribution < 1.29 is 4.74 Å². The molecule has 116 valence electrons. The Morgan fingerprint density at radius 1 is 1.19 bits per heavy atom. The van der Waals surface area contributed by atoms with Gasteiger partial charge < -0.3 is 15.0 Å². The third-order valence-electron chi connectivity index (χ3n) is 5.42. The Labute approximate surface area is 128 Å². The lowest BCUT2D eigenvalue weighted by Crippen LogP contribution is -2.63. The van der Waals surface area contributed by atoms with Crippen molar-refractivity contribution in [2.45, 2.75) is 46.3 Å². The zero-order valence-electron chi connectivity index (χ0n) is 13.7. The summed E-state index contributed by atoms with van der Waals surface area (Å²) in [6, 6.07) is 9.41. The summed E-state index contributed by atoms with van der Waals surface area (Å²) >= 11 is 0. The molecule has 1 aliphatic carbocycles. The fourth-order valence-electron chi connectivity index (χ4n) is 4.15. The molecule has 1 aliphatic heterocycles. The molecule has 3 atom stereocenters. The van der Waals surface area contributed by atoms with Crippen LogP contribution in [0.5, 0.6) is 0 Å². The summed E-state index contributed by atoms with van der Waals surface area (Å²) in [6.07, 6.45) is 1.65. The number of nitrogens with one attached hydrogen (secondary N) is 1. The van der Waals surface area contributed by atoms with E-state index in [1.54, 1.807) is 0 Å². The molecule has 3 heteroatoms. The van der Waals surface area contributed by atoms with Gasteiger partial charge in [0.05, 0.1) is 6.10 Å². The molecule has 2 fully saturated rings. The van der Waals surface area contributed by atoms with Gasteiger partial charge in [-0.25, -0.2) is 0 Å². The van der Waals surface area contributed by atoms with Crippen molar-refractivity contribution >= 4 is 11.4 Å². The molecule has 2 aliphatic rings. The van der Waals surface area contributed by atoms with E-state index in [9.17, 15) is 0 Å². The third-order valence-corrected chi connectivity index (χ3v) is 5.42. The van der Waals surface area contributed by atoms with E-state index in [4.69, 9.17) is 4.74 Å². The van der Waals surface area contributed by atoms with Gasteiger partial charge in [-0.2, -0.15) is 0 Å². The number of anilines is 2. The molecule has 1 N–H and O–H groups in total. The van der Waals surface area contributed by atoms with Gasteiger partial charge in [0, 0.05) is 48.4 Å². The van der Waals surface area contributed by atoms with Gasteiger partial charge in [0.25, 0.3) is 0 Å². The van der Waals surface area contributed by atoms with Crippen molar-refractivity contribution in [1.29, 1.82) is 0 Å². The summed E-state index contributed by atoms with van der Waals surface area (Å²) in [6.45, 7) is 12.1. The predicted octanol–water partition coefficient (Wildman–Crippen LogP) is 3.76. The molecule has 1 saturated carbocycles. The van der Waals surface area contributed by atoms with Crippen LogP contribution in [0.4, 0.5) is 11.4 Å². The van der Waals surface area contributed by atoms with Crippen LogP contribution < -0.4 is 10.2 Å². The number of rotatable bonds is 5. The van der Waals surface area contributed by atoms with E-state index in [0.29, 0.717) is 18.1 Å². The number of nitrogens with zero attached hydrogens (tertiary/aromatic N) is 1. The Morgan fingerprint density at radius 3 is 2.48 bits per heavy atom. The molecular formula is C18H28N2O. The molecule has 1 aromatic rings. The first-order valence-electron chi connectivity index (χ1n) is 8.31. The Bertz CT molecular complexity index is 478. The normalized spacial score (nSPS) is 29.6. The van der Waals surface area contributed by atoms with E-state index in [1.165, 1.54) is 17.8 Å². The van der Waals surface area contributed by atoms with Gasteiger partial charge in [-0.3, -0.25) is 0 Å². The summed E-state index contributed by atoms with van der Waals surface area (Å²) in [5.41, 5.74) is 2.77. The fraction of sp³-hybridized carbons (Fsp3) is 0.667. The van der Waals surface area contributed by atoms with Crippen LogP contribution in [0.15, 0.2) is 24.3 Å². The number of hydrogen-bond acceptors (Lipinski definition) is 3. The zero-order valence-corrected chi connectivity index (χ0v) is 13.7. The number of fused-ring (bicyclic) bond motifs is 1. The Balaban J connectivity index is 1.68. The lowest BCUT2D eigenvalue weighted by molar-refractivity contribution is -0.0923. The van der Waals surface area contributed by atoms with Gasteiger partial charge in [0.2, 0.25) is 0 Å². The average Bonchev–Trinajstić information content (AvgIpc) is 2.94. The Hall–Kier alpha value is -1.22. The summed E-state index contributed by atoms with van der Waals surface area (Å²) in [4.78, 5) is 2.37. The topological polar surface area (TPSA) is 24.5 Å². The molecule has 1 heterocycles. The van der Waals surface area contributed by atoms with Crippen LogP contribution in [0.1, 0.15) is 34.1 Å². The smallest absolute Gasteiger partial charge is 0.0694 e. The first kappa shape index (κ1) is 14.7. The van der Waals surface area contributed by atoms with Crippen LogP contribution in [-0.4, -0.2) is 31.8 Å². The van der Waals surface area contributed by atoms with Crippen LogP contribution in [0.2, 0.25) is 0 Å². The van der Waals surface area contributed by atoms with Crippen molar-refractivity contribution in [2.24, 2.45) is 11.3 Å². The second-order valence-electron chi connectivity index (χ2n) is 6.91. The highest BCUT2D eigenvalue weighted by molar-refractivity contribution is 5.56. The molecule has 1 saturated heterocycles. The molecule has 0 radical (unpaired) electrons. The minimum absolute atomic E-state index is 0.235. The van der Waals surface area contributed by atoms with E-state index in [1.807, 2.05) is 0 Å². The average molecular weight is 288 g/mol. The van der Waals surface area contributed by atoms with Crippen LogP contribution >= 0.6 is 0 Å². The molecule has 3 nitrogen and oxygen atoms in total. The molecule has 3 rings (SSSR count). The van der Waals surface area contributed by atoms with E-state index in [0.717, 1.165) is 19.7 Å². The van der Waals surface area contributed by atoms with Gasteiger partial charge >= 0.3 is 0 Å². The van der Waals surface area contributed by atoms with Gasteiger partial charge in [0.1, 0.15) is 0 Å². The second-order valence-corrected chi connectivity index (χ2v) is 6.91.